The summed E-state index contributed by atoms with van der Waals surface area (Å²) in [4.78, 5) is 39.0. The van der Waals surface area contributed by atoms with Crippen LogP contribution >= 0.6 is 23.2 Å². The average molecular weight is 456 g/mol. The average Bonchev–Trinajstić information content (AvgIpc) is 2.66. The Morgan fingerprint density at radius 3 is 2.30 bits per heavy atom. The summed E-state index contributed by atoms with van der Waals surface area (Å²) < 4.78 is 0. The number of amides is 2. The van der Waals surface area contributed by atoms with Gasteiger partial charge in [-0.05, 0) is 70.9 Å². The summed E-state index contributed by atoms with van der Waals surface area (Å²) in [6, 6.07) is 4.18. The van der Waals surface area contributed by atoms with E-state index in [2.05, 4.69) is 15.5 Å². The molecule has 1 aliphatic rings. The maximum atomic E-state index is 12.9. The Hall–Kier alpha value is -1.63. The highest BCUT2D eigenvalue weighted by molar-refractivity contribution is 6.35. The number of unbranched alkanes of at least 4 members (excludes halogenated alkanes) is 2. The van der Waals surface area contributed by atoms with Crippen LogP contribution in [0.5, 0.6) is 0 Å². The standard InChI is InChI=1S/C22H31Cl2N3O3/c1-15(28)6-4-3-5-7-20(26-21(29)16-8-10-27(2)11-9-16)22(30)25-19-13-17(23)12-18(24)14-19/h12-14,16,20H,3-11H2,1-2H3,(H,25,30)(H,26,29)/t20-/m0/s1. The second-order valence-electron chi connectivity index (χ2n) is 8.09. The van der Waals surface area contributed by atoms with Crippen LogP contribution < -0.4 is 10.6 Å². The number of rotatable bonds is 10. The number of hydrogen-bond acceptors (Lipinski definition) is 4. The number of hydrogen-bond donors (Lipinski definition) is 2. The van der Waals surface area contributed by atoms with Crippen molar-refractivity contribution in [2.75, 3.05) is 25.5 Å². The molecule has 1 fully saturated rings. The summed E-state index contributed by atoms with van der Waals surface area (Å²) >= 11 is 12.0. The van der Waals surface area contributed by atoms with Crippen molar-refractivity contribution >= 4 is 46.5 Å². The molecule has 166 valence electrons. The molecule has 1 atom stereocenters. The first kappa shape index (κ1) is 24.6. The van der Waals surface area contributed by atoms with Crippen LogP contribution in [0, 0.1) is 5.92 Å². The monoisotopic (exact) mass is 455 g/mol. The first-order chi connectivity index (χ1) is 14.2. The van der Waals surface area contributed by atoms with E-state index >= 15 is 0 Å². The number of likely N-dealkylation sites (tertiary alicyclic amines) is 1. The van der Waals surface area contributed by atoms with E-state index in [0.29, 0.717) is 28.6 Å². The molecule has 1 saturated heterocycles. The Balaban J connectivity index is 1.98. The third-order valence-corrected chi connectivity index (χ3v) is 5.81. The highest BCUT2D eigenvalue weighted by Crippen LogP contribution is 2.23. The van der Waals surface area contributed by atoms with Gasteiger partial charge in [-0.1, -0.05) is 36.0 Å². The van der Waals surface area contributed by atoms with Crippen LogP contribution in [0.1, 0.15) is 51.9 Å². The molecule has 2 rings (SSSR count). The molecule has 0 bridgehead atoms. The van der Waals surface area contributed by atoms with Crippen molar-refractivity contribution in [2.45, 2.75) is 57.9 Å². The lowest BCUT2D eigenvalue weighted by molar-refractivity contribution is -0.130. The van der Waals surface area contributed by atoms with E-state index in [1.54, 1.807) is 25.1 Å². The molecule has 0 unspecified atom stereocenters. The Kier molecular flexibility index (Phi) is 10.1. The zero-order valence-corrected chi connectivity index (χ0v) is 19.2. The number of carbonyl (C=O) groups excluding carboxylic acids is 3. The minimum Gasteiger partial charge on any atom is -0.344 e. The molecule has 0 aliphatic carbocycles. The van der Waals surface area contributed by atoms with Gasteiger partial charge in [0.25, 0.3) is 0 Å². The molecule has 1 heterocycles. The van der Waals surface area contributed by atoms with Crippen LogP contribution in [0.4, 0.5) is 5.69 Å². The first-order valence-corrected chi connectivity index (χ1v) is 11.3. The second kappa shape index (κ2) is 12.3. The summed E-state index contributed by atoms with van der Waals surface area (Å²) in [6.45, 7) is 3.33. The summed E-state index contributed by atoms with van der Waals surface area (Å²) in [7, 11) is 2.04. The Labute approximate surface area is 188 Å². The van der Waals surface area contributed by atoms with E-state index in [1.165, 1.54) is 0 Å². The van der Waals surface area contributed by atoms with Gasteiger partial charge in [-0.3, -0.25) is 9.59 Å². The molecule has 2 amide bonds. The predicted molar refractivity (Wildman–Crippen MR) is 121 cm³/mol. The minimum atomic E-state index is -0.646. The van der Waals surface area contributed by atoms with Crippen molar-refractivity contribution in [2.24, 2.45) is 5.92 Å². The number of anilines is 1. The lowest BCUT2D eigenvalue weighted by Crippen LogP contribution is -2.47. The van der Waals surface area contributed by atoms with Crippen molar-refractivity contribution in [1.29, 1.82) is 0 Å². The van der Waals surface area contributed by atoms with Crippen molar-refractivity contribution in [3.63, 3.8) is 0 Å². The van der Waals surface area contributed by atoms with Gasteiger partial charge in [0, 0.05) is 28.1 Å². The number of nitrogens with zero attached hydrogens (tertiary/aromatic N) is 1. The number of ketones is 1. The molecule has 0 radical (unpaired) electrons. The topological polar surface area (TPSA) is 78.5 Å². The van der Waals surface area contributed by atoms with Crippen LogP contribution in [-0.4, -0.2) is 48.7 Å². The number of carbonyl (C=O) groups is 3. The smallest absolute Gasteiger partial charge is 0.246 e. The fraction of sp³-hybridized carbons (Fsp3) is 0.591. The van der Waals surface area contributed by atoms with E-state index in [9.17, 15) is 14.4 Å². The number of benzene rings is 1. The molecule has 6 nitrogen and oxygen atoms in total. The summed E-state index contributed by atoms with van der Waals surface area (Å²) in [5.74, 6) is -0.273. The van der Waals surface area contributed by atoms with Gasteiger partial charge in [-0.15, -0.1) is 0 Å². The fourth-order valence-electron chi connectivity index (χ4n) is 3.58. The second-order valence-corrected chi connectivity index (χ2v) is 8.96. The molecular weight excluding hydrogens is 425 g/mol. The SMILES string of the molecule is CC(=O)CCCCC[C@H](NC(=O)C1CCN(C)CC1)C(=O)Nc1cc(Cl)cc(Cl)c1. The van der Waals surface area contributed by atoms with Crippen LogP contribution in [0.15, 0.2) is 18.2 Å². The molecule has 1 aromatic rings. The normalized spacial score (nSPS) is 16.1. The van der Waals surface area contributed by atoms with Gasteiger partial charge < -0.3 is 20.3 Å². The molecule has 0 aromatic heterocycles. The third kappa shape index (κ3) is 8.62. The molecule has 2 N–H and O–H groups in total. The lowest BCUT2D eigenvalue weighted by atomic mass is 9.95. The van der Waals surface area contributed by atoms with Crippen molar-refractivity contribution < 1.29 is 14.4 Å². The maximum absolute atomic E-state index is 12.9. The van der Waals surface area contributed by atoms with Crippen molar-refractivity contribution in [3.8, 4) is 0 Å². The molecule has 8 heteroatoms. The van der Waals surface area contributed by atoms with Crippen molar-refractivity contribution in [1.82, 2.24) is 10.2 Å². The van der Waals surface area contributed by atoms with Crippen molar-refractivity contribution in [3.05, 3.63) is 28.2 Å². The van der Waals surface area contributed by atoms with Crippen LogP contribution in [-0.2, 0) is 14.4 Å². The fourth-order valence-corrected chi connectivity index (χ4v) is 4.11. The molecule has 1 aromatic carbocycles. The summed E-state index contributed by atoms with van der Waals surface area (Å²) in [5.41, 5.74) is 0.493. The van der Waals surface area contributed by atoms with Crippen LogP contribution in [0.25, 0.3) is 0 Å². The van der Waals surface area contributed by atoms with Gasteiger partial charge in [0.1, 0.15) is 11.8 Å². The predicted octanol–water partition coefficient (Wildman–Crippen LogP) is 4.30. The quantitative estimate of drug-likeness (QED) is 0.515. The van der Waals surface area contributed by atoms with Gasteiger partial charge >= 0.3 is 0 Å². The maximum Gasteiger partial charge on any atom is 0.246 e. The summed E-state index contributed by atoms with van der Waals surface area (Å²) in [5, 5.41) is 6.61. The van der Waals surface area contributed by atoms with E-state index < -0.39 is 6.04 Å². The van der Waals surface area contributed by atoms with E-state index in [1.807, 2.05) is 7.05 Å². The first-order valence-electron chi connectivity index (χ1n) is 10.5. The van der Waals surface area contributed by atoms with E-state index in [0.717, 1.165) is 45.2 Å². The number of piperidine rings is 1. The largest absolute Gasteiger partial charge is 0.344 e. The zero-order valence-electron chi connectivity index (χ0n) is 17.7. The van der Waals surface area contributed by atoms with Crippen LogP contribution in [0.2, 0.25) is 10.0 Å². The minimum absolute atomic E-state index is 0.0730. The molecule has 1 aliphatic heterocycles. The van der Waals surface area contributed by atoms with E-state index in [4.69, 9.17) is 23.2 Å². The number of nitrogens with one attached hydrogen (secondary N) is 2. The van der Waals surface area contributed by atoms with Gasteiger partial charge in [-0.25, -0.2) is 0 Å². The Morgan fingerprint density at radius 1 is 1.07 bits per heavy atom. The van der Waals surface area contributed by atoms with Gasteiger partial charge in [-0.2, -0.15) is 0 Å². The zero-order chi connectivity index (χ0) is 22.1. The number of Topliss-reactive ketones (excluding diaryl/α,β-unsaturated/α-hetero) is 1. The molecule has 0 saturated carbocycles. The van der Waals surface area contributed by atoms with Gasteiger partial charge in [0.15, 0.2) is 0 Å². The van der Waals surface area contributed by atoms with Crippen LogP contribution in [0.3, 0.4) is 0 Å². The molecular formula is C22H31Cl2N3O3. The highest BCUT2D eigenvalue weighted by atomic mass is 35.5. The molecule has 30 heavy (non-hydrogen) atoms. The van der Waals surface area contributed by atoms with Gasteiger partial charge in [0.2, 0.25) is 11.8 Å². The molecule has 0 spiro atoms. The lowest BCUT2D eigenvalue weighted by Gasteiger charge is -2.29. The highest BCUT2D eigenvalue weighted by Gasteiger charge is 2.27. The Morgan fingerprint density at radius 2 is 1.70 bits per heavy atom. The summed E-state index contributed by atoms with van der Waals surface area (Å²) in [6.07, 6.45) is 5.00. The Bertz CT molecular complexity index is 729. The number of halogens is 2. The van der Waals surface area contributed by atoms with E-state index in [-0.39, 0.29) is 23.5 Å². The third-order valence-electron chi connectivity index (χ3n) is 5.37. The van der Waals surface area contributed by atoms with Gasteiger partial charge in [0.05, 0.1) is 0 Å².